The normalized spacial score (nSPS) is 11.5. The highest BCUT2D eigenvalue weighted by Crippen LogP contribution is 2.27. The van der Waals surface area contributed by atoms with Crippen molar-refractivity contribution in [1.82, 2.24) is 0 Å². The molecule has 0 spiro atoms. The molecule has 0 atom stereocenters. The molecule has 0 aromatic heterocycles. The lowest BCUT2D eigenvalue weighted by Gasteiger charge is -2.12. The molecular formula is C18H16O3S. The van der Waals surface area contributed by atoms with E-state index >= 15 is 0 Å². The Morgan fingerprint density at radius 1 is 0.773 bits per heavy atom. The van der Waals surface area contributed by atoms with E-state index in [1.807, 2.05) is 56.3 Å². The van der Waals surface area contributed by atoms with Crippen molar-refractivity contribution in [3.63, 3.8) is 0 Å². The van der Waals surface area contributed by atoms with E-state index in [0.717, 1.165) is 21.9 Å². The summed E-state index contributed by atoms with van der Waals surface area (Å²) in [5.74, 6) is 0.399. The first-order valence-corrected chi connectivity index (χ1v) is 8.38. The first-order chi connectivity index (χ1) is 10.5. The fraction of sp³-hybridized carbons (Fsp3) is 0.111. The summed E-state index contributed by atoms with van der Waals surface area (Å²) in [5, 5.41) is 1.86. The van der Waals surface area contributed by atoms with Crippen LogP contribution in [-0.2, 0) is 10.1 Å². The van der Waals surface area contributed by atoms with E-state index in [-0.39, 0.29) is 4.90 Å². The number of fused-ring (bicyclic) bond motifs is 1. The van der Waals surface area contributed by atoms with Crippen molar-refractivity contribution in [2.24, 2.45) is 0 Å². The molecule has 4 heteroatoms. The van der Waals surface area contributed by atoms with Gasteiger partial charge >= 0.3 is 10.1 Å². The van der Waals surface area contributed by atoms with E-state index in [4.69, 9.17) is 4.18 Å². The van der Waals surface area contributed by atoms with Gasteiger partial charge in [-0.1, -0.05) is 48.5 Å². The molecular weight excluding hydrogens is 296 g/mol. The summed E-state index contributed by atoms with van der Waals surface area (Å²) in [7, 11) is -3.85. The van der Waals surface area contributed by atoms with E-state index in [9.17, 15) is 8.42 Å². The Labute approximate surface area is 130 Å². The van der Waals surface area contributed by atoms with Gasteiger partial charge < -0.3 is 4.18 Å². The van der Waals surface area contributed by atoms with Crippen LogP contribution in [0.1, 0.15) is 11.1 Å². The molecule has 0 unspecified atom stereocenters. The van der Waals surface area contributed by atoms with Crippen LogP contribution >= 0.6 is 0 Å². The Morgan fingerprint density at radius 2 is 1.41 bits per heavy atom. The summed E-state index contributed by atoms with van der Waals surface area (Å²) in [6.07, 6.45) is 0. The van der Waals surface area contributed by atoms with Crippen LogP contribution in [0.25, 0.3) is 10.8 Å². The first kappa shape index (κ1) is 14.6. The molecule has 0 heterocycles. The van der Waals surface area contributed by atoms with Crippen molar-refractivity contribution in [2.75, 3.05) is 0 Å². The second-order valence-corrected chi connectivity index (χ2v) is 6.81. The lowest BCUT2D eigenvalue weighted by molar-refractivity contribution is 0.482. The largest absolute Gasteiger partial charge is 0.378 e. The summed E-state index contributed by atoms with van der Waals surface area (Å²) >= 11 is 0. The topological polar surface area (TPSA) is 43.4 Å². The zero-order valence-corrected chi connectivity index (χ0v) is 13.2. The third kappa shape index (κ3) is 2.70. The number of rotatable bonds is 3. The molecule has 3 aromatic rings. The fourth-order valence-electron chi connectivity index (χ4n) is 2.41. The molecule has 22 heavy (non-hydrogen) atoms. The minimum absolute atomic E-state index is 0.161. The number of aryl methyl sites for hydroxylation is 2. The number of hydrogen-bond donors (Lipinski definition) is 0. The smallest absolute Gasteiger partial charge is 0.339 e. The molecule has 3 aromatic carbocycles. The van der Waals surface area contributed by atoms with Gasteiger partial charge in [0.05, 0.1) is 0 Å². The molecule has 0 bridgehead atoms. The lowest BCUT2D eigenvalue weighted by atomic mass is 10.1. The minimum Gasteiger partial charge on any atom is -0.378 e. The van der Waals surface area contributed by atoms with Gasteiger partial charge in [0.15, 0.2) is 0 Å². The van der Waals surface area contributed by atoms with Gasteiger partial charge in [-0.25, -0.2) is 0 Å². The van der Waals surface area contributed by atoms with Crippen LogP contribution in [0.15, 0.2) is 65.6 Å². The molecule has 0 fully saturated rings. The van der Waals surface area contributed by atoms with Crippen molar-refractivity contribution >= 4 is 20.9 Å². The van der Waals surface area contributed by atoms with Crippen molar-refractivity contribution in [1.29, 1.82) is 0 Å². The average molecular weight is 312 g/mol. The molecule has 0 N–H and O–H groups in total. The van der Waals surface area contributed by atoms with Crippen LogP contribution in [0.3, 0.4) is 0 Å². The van der Waals surface area contributed by atoms with E-state index in [1.165, 1.54) is 0 Å². The highest BCUT2D eigenvalue weighted by Gasteiger charge is 2.19. The van der Waals surface area contributed by atoms with Gasteiger partial charge in [-0.15, -0.1) is 0 Å². The highest BCUT2D eigenvalue weighted by molar-refractivity contribution is 7.87. The molecule has 3 rings (SSSR count). The fourth-order valence-corrected chi connectivity index (χ4v) is 3.50. The Morgan fingerprint density at radius 3 is 2.09 bits per heavy atom. The standard InChI is InChI=1S/C18H16O3S/c1-13-6-5-7-14(2)18(13)21-22(19,20)17-11-10-15-8-3-4-9-16(15)12-17/h3-12H,1-2H3. The molecule has 0 radical (unpaired) electrons. The van der Waals surface area contributed by atoms with Crippen LogP contribution in [0.5, 0.6) is 5.75 Å². The quantitative estimate of drug-likeness (QED) is 0.680. The number of hydrogen-bond acceptors (Lipinski definition) is 3. The van der Waals surface area contributed by atoms with Crippen LogP contribution in [0.2, 0.25) is 0 Å². The van der Waals surface area contributed by atoms with E-state index in [2.05, 4.69) is 0 Å². The Bertz CT molecular complexity index is 923. The Balaban J connectivity index is 2.05. The summed E-state index contributed by atoms with van der Waals surface area (Å²) in [4.78, 5) is 0.161. The van der Waals surface area contributed by atoms with Gasteiger partial charge in [-0.05, 0) is 47.9 Å². The van der Waals surface area contributed by atoms with Crippen LogP contribution in [0, 0.1) is 13.8 Å². The van der Waals surface area contributed by atoms with Gasteiger partial charge in [0.25, 0.3) is 0 Å². The van der Waals surface area contributed by atoms with Gasteiger partial charge in [0, 0.05) is 0 Å². The molecule has 3 nitrogen and oxygen atoms in total. The molecule has 0 saturated heterocycles. The van der Waals surface area contributed by atoms with Crippen LogP contribution in [0.4, 0.5) is 0 Å². The monoisotopic (exact) mass is 312 g/mol. The maximum atomic E-state index is 12.5. The molecule has 0 aliphatic rings. The molecule has 0 aliphatic heterocycles. The average Bonchev–Trinajstić information content (AvgIpc) is 2.50. The Kier molecular flexibility index (Phi) is 3.62. The van der Waals surface area contributed by atoms with Crippen molar-refractivity contribution in [3.8, 4) is 5.75 Å². The maximum Gasteiger partial charge on any atom is 0.339 e. The van der Waals surface area contributed by atoms with Crippen LogP contribution < -0.4 is 4.18 Å². The second kappa shape index (κ2) is 5.46. The molecule has 0 saturated carbocycles. The number of benzene rings is 3. The molecule has 0 amide bonds. The predicted molar refractivity (Wildman–Crippen MR) is 87.7 cm³/mol. The van der Waals surface area contributed by atoms with E-state index in [1.54, 1.807) is 18.2 Å². The lowest BCUT2D eigenvalue weighted by Crippen LogP contribution is -2.11. The summed E-state index contributed by atoms with van der Waals surface area (Å²) in [6.45, 7) is 3.66. The van der Waals surface area contributed by atoms with Crippen molar-refractivity contribution < 1.29 is 12.6 Å². The zero-order valence-electron chi connectivity index (χ0n) is 12.4. The van der Waals surface area contributed by atoms with Gasteiger partial charge in [0.2, 0.25) is 0 Å². The van der Waals surface area contributed by atoms with Gasteiger partial charge in [-0.2, -0.15) is 8.42 Å². The van der Waals surface area contributed by atoms with Gasteiger partial charge in [-0.3, -0.25) is 0 Å². The predicted octanol–water partition coefficient (Wildman–Crippen LogP) is 4.22. The third-order valence-electron chi connectivity index (χ3n) is 3.61. The maximum absolute atomic E-state index is 12.5. The van der Waals surface area contributed by atoms with E-state index in [0.29, 0.717) is 5.75 Å². The van der Waals surface area contributed by atoms with Gasteiger partial charge in [0.1, 0.15) is 10.6 Å². The summed E-state index contributed by atoms with van der Waals surface area (Å²) in [6, 6.07) is 18.2. The zero-order chi connectivity index (χ0) is 15.7. The minimum atomic E-state index is -3.85. The number of para-hydroxylation sites is 1. The highest BCUT2D eigenvalue weighted by atomic mass is 32.2. The molecule has 112 valence electrons. The summed E-state index contributed by atoms with van der Waals surface area (Å²) < 4.78 is 30.4. The van der Waals surface area contributed by atoms with Crippen molar-refractivity contribution in [2.45, 2.75) is 18.7 Å². The first-order valence-electron chi connectivity index (χ1n) is 6.97. The Hall–Kier alpha value is -2.33. The molecule has 0 aliphatic carbocycles. The second-order valence-electron chi connectivity index (χ2n) is 5.27. The van der Waals surface area contributed by atoms with Crippen molar-refractivity contribution in [3.05, 3.63) is 71.8 Å². The van der Waals surface area contributed by atoms with E-state index < -0.39 is 10.1 Å². The van der Waals surface area contributed by atoms with Crippen LogP contribution in [-0.4, -0.2) is 8.42 Å². The SMILES string of the molecule is Cc1cccc(C)c1OS(=O)(=O)c1ccc2ccccc2c1. The third-order valence-corrected chi connectivity index (χ3v) is 4.83. The summed E-state index contributed by atoms with van der Waals surface area (Å²) in [5.41, 5.74) is 1.59.